The van der Waals surface area contributed by atoms with Gasteiger partial charge in [-0.1, -0.05) is 202 Å². The number of phosphoric ester groups is 1. The molecule has 0 bridgehead atoms. The van der Waals surface area contributed by atoms with Gasteiger partial charge >= 0.3 is 7.82 Å². The van der Waals surface area contributed by atoms with Crippen molar-refractivity contribution in [2.45, 2.75) is 199 Å². The molecule has 1 amide bonds. The summed E-state index contributed by atoms with van der Waals surface area (Å²) in [6.45, 7) is 4.04. The van der Waals surface area contributed by atoms with Crippen molar-refractivity contribution < 1.29 is 28.4 Å². The van der Waals surface area contributed by atoms with Crippen LogP contribution < -0.4 is 11.1 Å². The number of rotatable bonds is 42. The number of aliphatic hydroxyl groups excluding tert-OH is 1. The van der Waals surface area contributed by atoms with Crippen molar-refractivity contribution in [2.75, 3.05) is 19.8 Å². The molecule has 334 valence electrons. The van der Waals surface area contributed by atoms with E-state index in [-0.39, 0.29) is 32.1 Å². The Morgan fingerprint density at radius 2 is 0.983 bits per heavy atom. The van der Waals surface area contributed by atoms with Crippen molar-refractivity contribution in [3.63, 3.8) is 0 Å². The Labute approximate surface area is 356 Å². The molecule has 0 aromatic rings. The number of nitrogens with one attached hydrogen (secondary N) is 1. The Kier molecular flexibility index (Phi) is 42.5. The highest BCUT2D eigenvalue weighted by molar-refractivity contribution is 7.47. The van der Waals surface area contributed by atoms with Crippen molar-refractivity contribution in [3.05, 3.63) is 85.1 Å². The summed E-state index contributed by atoms with van der Waals surface area (Å²) in [6.07, 6.45) is 58.9. The largest absolute Gasteiger partial charge is 0.472 e. The maximum Gasteiger partial charge on any atom is 0.472 e. The van der Waals surface area contributed by atoms with Gasteiger partial charge in [0, 0.05) is 13.0 Å². The highest BCUT2D eigenvalue weighted by atomic mass is 31.2. The molecule has 0 radical (unpaired) electrons. The third-order valence-electron chi connectivity index (χ3n) is 9.76. The van der Waals surface area contributed by atoms with Gasteiger partial charge in [0.15, 0.2) is 0 Å². The monoisotopic (exact) mass is 831 g/mol. The van der Waals surface area contributed by atoms with E-state index in [4.69, 9.17) is 14.8 Å². The second-order valence-corrected chi connectivity index (χ2v) is 16.7. The summed E-state index contributed by atoms with van der Waals surface area (Å²) in [7, 11) is -4.34. The highest BCUT2D eigenvalue weighted by Crippen LogP contribution is 2.43. The third kappa shape index (κ3) is 41.8. The standard InChI is InChI=1S/C49H87N2O6P/c1-3-5-7-9-11-13-15-17-19-21-22-23-24-25-26-27-29-31-33-35-37-39-41-43-49(53)51-47(46-57-58(54,55)56-45-44-50)48(52)42-40-38-36-34-32-30-28-20-18-16-14-12-10-8-6-4-2/h5,7,11,13,17,19,22-23,25-26,29,31,35,37,47-48,52H,3-4,6,8-10,12,14-16,18,20-21,24,27-28,30,32-34,36,38-46,50H2,1-2H3,(H,51,53)(H,54,55)/b7-5-,13-11-,19-17-,23-22-,26-25-,31-29-,37-35-. The van der Waals surface area contributed by atoms with Gasteiger partial charge < -0.3 is 21.1 Å². The molecule has 9 heteroatoms. The second kappa shape index (κ2) is 44.2. The summed E-state index contributed by atoms with van der Waals surface area (Å²) in [4.78, 5) is 22.8. The molecule has 0 aromatic heterocycles. The molecule has 0 spiro atoms. The minimum atomic E-state index is -4.34. The van der Waals surface area contributed by atoms with Crippen molar-refractivity contribution in [2.24, 2.45) is 5.73 Å². The molecule has 0 saturated heterocycles. The molecule has 5 N–H and O–H groups in total. The Bertz CT molecular complexity index is 1180. The van der Waals surface area contributed by atoms with Gasteiger partial charge in [0.05, 0.1) is 25.4 Å². The van der Waals surface area contributed by atoms with Crippen LogP contribution in [0.1, 0.15) is 187 Å². The predicted molar refractivity (Wildman–Crippen MR) is 249 cm³/mol. The number of unbranched alkanes of at least 4 members (excludes halogenated alkanes) is 16. The fourth-order valence-electron chi connectivity index (χ4n) is 6.30. The van der Waals surface area contributed by atoms with E-state index >= 15 is 0 Å². The molecule has 0 aliphatic rings. The van der Waals surface area contributed by atoms with Gasteiger partial charge in [-0.25, -0.2) is 4.57 Å². The molecule has 0 rings (SSSR count). The van der Waals surface area contributed by atoms with Crippen LogP contribution in [0.25, 0.3) is 0 Å². The molecule has 0 fully saturated rings. The summed E-state index contributed by atoms with van der Waals surface area (Å²) in [5.74, 6) is -0.222. The average Bonchev–Trinajstić information content (AvgIpc) is 3.21. The van der Waals surface area contributed by atoms with E-state index < -0.39 is 20.0 Å². The molecule has 0 saturated carbocycles. The lowest BCUT2D eigenvalue weighted by Gasteiger charge is -2.25. The first-order valence-electron chi connectivity index (χ1n) is 23.2. The SMILES string of the molecule is CC/C=C\C/C=C\C/C=C\C/C=C\C/C=C\C/C=C\C/C=C\CCCC(=O)NC(COP(=O)(O)OCCN)C(O)CCCCCCCCCCCCCCCCCC. The summed E-state index contributed by atoms with van der Waals surface area (Å²) in [6, 6.07) is -0.811. The first-order chi connectivity index (χ1) is 28.4. The van der Waals surface area contributed by atoms with Gasteiger partial charge in [-0.3, -0.25) is 13.8 Å². The lowest BCUT2D eigenvalue weighted by molar-refractivity contribution is -0.123. The van der Waals surface area contributed by atoms with Crippen molar-refractivity contribution >= 4 is 13.7 Å². The van der Waals surface area contributed by atoms with Crippen LogP contribution in [0.15, 0.2) is 85.1 Å². The number of hydrogen-bond donors (Lipinski definition) is 4. The van der Waals surface area contributed by atoms with Crippen molar-refractivity contribution in [3.8, 4) is 0 Å². The number of phosphoric acid groups is 1. The van der Waals surface area contributed by atoms with E-state index in [2.05, 4.69) is 104 Å². The normalized spacial score (nSPS) is 14.8. The first-order valence-corrected chi connectivity index (χ1v) is 24.7. The highest BCUT2D eigenvalue weighted by Gasteiger charge is 2.27. The number of allylic oxidation sites excluding steroid dienone is 14. The number of carbonyl (C=O) groups is 1. The maximum atomic E-state index is 12.8. The Morgan fingerprint density at radius 3 is 1.40 bits per heavy atom. The summed E-state index contributed by atoms with van der Waals surface area (Å²) in [5.41, 5.74) is 5.38. The summed E-state index contributed by atoms with van der Waals surface area (Å²) in [5, 5.41) is 13.8. The molecular weight excluding hydrogens is 744 g/mol. The minimum Gasteiger partial charge on any atom is -0.391 e. The minimum absolute atomic E-state index is 0.0752. The van der Waals surface area contributed by atoms with Gasteiger partial charge in [0.2, 0.25) is 5.91 Å². The van der Waals surface area contributed by atoms with Gasteiger partial charge in [0.1, 0.15) is 0 Å². The van der Waals surface area contributed by atoms with Crippen molar-refractivity contribution in [1.29, 1.82) is 0 Å². The van der Waals surface area contributed by atoms with Crippen LogP contribution in [0.4, 0.5) is 0 Å². The van der Waals surface area contributed by atoms with Gasteiger partial charge in [-0.15, -0.1) is 0 Å². The zero-order valence-corrected chi connectivity index (χ0v) is 37.9. The number of amides is 1. The van der Waals surface area contributed by atoms with Crippen LogP contribution in [0.3, 0.4) is 0 Å². The van der Waals surface area contributed by atoms with Crippen LogP contribution in [0, 0.1) is 0 Å². The molecule has 0 aliphatic heterocycles. The zero-order chi connectivity index (χ0) is 42.5. The van der Waals surface area contributed by atoms with E-state index in [0.29, 0.717) is 12.8 Å². The Balaban J connectivity index is 4.27. The molecule has 0 heterocycles. The summed E-state index contributed by atoms with van der Waals surface area (Å²) >= 11 is 0. The second-order valence-electron chi connectivity index (χ2n) is 15.2. The number of carbonyl (C=O) groups excluding carboxylic acids is 1. The third-order valence-corrected chi connectivity index (χ3v) is 10.7. The van der Waals surface area contributed by atoms with E-state index in [9.17, 15) is 19.4 Å². The molecule has 0 aromatic carbocycles. The fraction of sp³-hybridized carbons (Fsp3) is 0.694. The molecule has 58 heavy (non-hydrogen) atoms. The maximum absolute atomic E-state index is 12.8. The van der Waals surface area contributed by atoms with Crippen molar-refractivity contribution in [1.82, 2.24) is 5.32 Å². The van der Waals surface area contributed by atoms with Crippen LogP contribution >= 0.6 is 7.82 Å². The number of nitrogens with two attached hydrogens (primary N) is 1. The lowest BCUT2D eigenvalue weighted by Crippen LogP contribution is -2.46. The smallest absolute Gasteiger partial charge is 0.391 e. The van der Waals surface area contributed by atoms with E-state index in [1.807, 2.05) is 0 Å². The zero-order valence-electron chi connectivity index (χ0n) is 37.0. The first kappa shape index (κ1) is 55.7. The van der Waals surface area contributed by atoms with Crippen LogP contribution in [0.2, 0.25) is 0 Å². The lowest BCUT2D eigenvalue weighted by atomic mass is 10.0. The van der Waals surface area contributed by atoms with Crippen LogP contribution in [-0.4, -0.2) is 47.8 Å². The quantitative estimate of drug-likeness (QED) is 0.0274. The molecule has 8 nitrogen and oxygen atoms in total. The molecule has 0 aliphatic carbocycles. The van der Waals surface area contributed by atoms with Crippen LogP contribution in [-0.2, 0) is 18.4 Å². The molecule has 3 atom stereocenters. The number of hydrogen-bond acceptors (Lipinski definition) is 6. The summed E-state index contributed by atoms with van der Waals surface area (Å²) < 4.78 is 22.2. The Hall–Kier alpha value is -2.32. The average molecular weight is 831 g/mol. The van der Waals surface area contributed by atoms with Gasteiger partial charge in [0.25, 0.3) is 0 Å². The topological polar surface area (TPSA) is 131 Å². The molecular formula is C49H87N2O6P. The van der Waals surface area contributed by atoms with E-state index in [1.54, 1.807) is 0 Å². The van der Waals surface area contributed by atoms with Crippen LogP contribution in [0.5, 0.6) is 0 Å². The fourth-order valence-corrected chi connectivity index (χ4v) is 7.06. The van der Waals surface area contributed by atoms with Gasteiger partial charge in [-0.2, -0.15) is 0 Å². The molecule has 3 unspecified atom stereocenters. The predicted octanol–water partition coefficient (Wildman–Crippen LogP) is 13.4. The number of aliphatic hydroxyl groups is 1. The van der Waals surface area contributed by atoms with E-state index in [0.717, 1.165) is 70.6 Å². The van der Waals surface area contributed by atoms with E-state index in [1.165, 1.54) is 83.5 Å². The van der Waals surface area contributed by atoms with Gasteiger partial charge in [-0.05, 0) is 64.2 Å². The Morgan fingerprint density at radius 1 is 0.586 bits per heavy atom.